The summed E-state index contributed by atoms with van der Waals surface area (Å²) in [7, 11) is 0. The van der Waals surface area contributed by atoms with Crippen LogP contribution in [0.3, 0.4) is 0 Å². The Hall–Kier alpha value is -5.41. The number of anilines is 2. The van der Waals surface area contributed by atoms with Crippen molar-refractivity contribution in [3.8, 4) is 12.1 Å². The molecule has 9 nitrogen and oxygen atoms in total. The van der Waals surface area contributed by atoms with E-state index in [4.69, 9.17) is 10.5 Å². The van der Waals surface area contributed by atoms with Gasteiger partial charge in [-0.05, 0) is 48.5 Å². The van der Waals surface area contributed by atoms with Crippen molar-refractivity contribution in [1.29, 1.82) is 10.5 Å². The Morgan fingerprint density at radius 2 is 1.50 bits per heavy atom. The number of benzene rings is 3. The van der Waals surface area contributed by atoms with Gasteiger partial charge in [-0.2, -0.15) is 10.5 Å². The lowest BCUT2D eigenvalue weighted by atomic mass is 10.1. The quantitative estimate of drug-likeness (QED) is 0.359. The highest BCUT2D eigenvalue weighted by Crippen LogP contribution is 2.25. The summed E-state index contributed by atoms with van der Waals surface area (Å²) < 4.78 is 0. The number of aromatic nitrogens is 1. The van der Waals surface area contributed by atoms with E-state index in [0.717, 1.165) is 0 Å². The third kappa shape index (κ3) is 4.31. The van der Waals surface area contributed by atoms with Crippen LogP contribution in [0, 0.1) is 22.7 Å². The molecule has 0 aliphatic carbocycles. The fraction of sp³-hybridized carbons (Fsp3) is 0. The first kappa shape index (κ1) is 21.8. The van der Waals surface area contributed by atoms with Gasteiger partial charge in [0.2, 0.25) is 0 Å². The summed E-state index contributed by atoms with van der Waals surface area (Å²) in [5.74, 6) is -2.30. The van der Waals surface area contributed by atoms with Crippen molar-refractivity contribution in [3.63, 3.8) is 0 Å². The van der Waals surface area contributed by atoms with Crippen LogP contribution in [0.1, 0.15) is 42.3 Å². The lowest BCUT2D eigenvalue weighted by Gasteiger charge is -2.08. The van der Waals surface area contributed by atoms with Gasteiger partial charge in [0.1, 0.15) is 5.69 Å². The number of aromatic carboxylic acids is 1. The maximum absolute atomic E-state index is 12.8. The molecule has 0 unspecified atom stereocenters. The molecular formula is C25H15N5O4. The number of carbonyl (C=O) groups is 3. The molecule has 3 aromatic carbocycles. The molecule has 9 heteroatoms. The Morgan fingerprint density at radius 3 is 2.24 bits per heavy atom. The van der Waals surface area contributed by atoms with Gasteiger partial charge < -0.3 is 20.7 Å². The number of carbonyl (C=O) groups excluding carboxylic acids is 2. The van der Waals surface area contributed by atoms with Gasteiger partial charge in [-0.15, -0.1) is 0 Å². The molecule has 0 radical (unpaired) electrons. The Balaban J connectivity index is 1.61. The van der Waals surface area contributed by atoms with Crippen LogP contribution in [0.4, 0.5) is 11.4 Å². The van der Waals surface area contributed by atoms with E-state index in [0.29, 0.717) is 27.7 Å². The molecule has 4 aromatic rings. The molecule has 0 saturated heterocycles. The number of aromatic amines is 1. The van der Waals surface area contributed by atoms with E-state index in [-0.39, 0.29) is 22.5 Å². The molecule has 0 aliphatic heterocycles. The SMILES string of the molecule is N#Cc1cccc(C(=O)Nc2cccc3cc(C(=O)Nc4ccc(C#N)cc4C(=O)O)[nH]c23)c1. The molecule has 164 valence electrons. The number of rotatable bonds is 5. The highest BCUT2D eigenvalue weighted by atomic mass is 16.4. The van der Waals surface area contributed by atoms with Gasteiger partial charge in [0.05, 0.1) is 45.7 Å². The first-order chi connectivity index (χ1) is 16.4. The second kappa shape index (κ2) is 8.99. The summed E-state index contributed by atoms with van der Waals surface area (Å²) in [5.41, 5.74) is 1.71. The molecular weight excluding hydrogens is 434 g/mol. The van der Waals surface area contributed by atoms with E-state index < -0.39 is 17.8 Å². The van der Waals surface area contributed by atoms with E-state index in [1.165, 1.54) is 24.3 Å². The van der Waals surface area contributed by atoms with Crippen LogP contribution >= 0.6 is 0 Å². The second-order valence-corrected chi connectivity index (χ2v) is 7.23. The number of nitrogens with one attached hydrogen (secondary N) is 3. The van der Waals surface area contributed by atoms with E-state index in [1.54, 1.807) is 42.5 Å². The molecule has 34 heavy (non-hydrogen) atoms. The van der Waals surface area contributed by atoms with Crippen molar-refractivity contribution in [2.45, 2.75) is 0 Å². The van der Waals surface area contributed by atoms with E-state index in [1.807, 2.05) is 12.1 Å². The van der Waals surface area contributed by atoms with Crippen LogP contribution in [0.5, 0.6) is 0 Å². The summed E-state index contributed by atoms with van der Waals surface area (Å²) in [6.45, 7) is 0. The zero-order valence-corrected chi connectivity index (χ0v) is 17.4. The lowest BCUT2D eigenvalue weighted by Crippen LogP contribution is -2.15. The predicted octanol–water partition coefficient (Wildman–Crippen LogP) is 4.11. The maximum atomic E-state index is 12.8. The third-order valence-corrected chi connectivity index (χ3v) is 5.03. The number of fused-ring (bicyclic) bond motifs is 1. The molecule has 0 fully saturated rings. The molecule has 4 N–H and O–H groups in total. The fourth-order valence-corrected chi connectivity index (χ4v) is 3.40. The summed E-state index contributed by atoms with van der Waals surface area (Å²) >= 11 is 0. The van der Waals surface area contributed by atoms with Crippen molar-refractivity contribution >= 4 is 40.1 Å². The van der Waals surface area contributed by atoms with Crippen molar-refractivity contribution in [1.82, 2.24) is 4.98 Å². The van der Waals surface area contributed by atoms with Gasteiger partial charge in [0.15, 0.2) is 0 Å². The van der Waals surface area contributed by atoms with Crippen LogP contribution in [-0.2, 0) is 0 Å². The molecule has 0 aliphatic rings. The Morgan fingerprint density at radius 1 is 0.794 bits per heavy atom. The molecule has 1 aromatic heterocycles. The number of nitriles is 2. The normalized spacial score (nSPS) is 10.2. The largest absolute Gasteiger partial charge is 0.478 e. The van der Waals surface area contributed by atoms with Crippen LogP contribution in [-0.4, -0.2) is 27.9 Å². The molecule has 0 spiro atoms. The molecule has 4 rings (SSSR count). The highest BCUT2D eigenvalue weighted by Gasteiger charge is 2.17. The highest BCUT2D eigenvalue weighted by molar-refractivity contribution is 6.12. The third-order valence-electron chi connectivity index (χ3n) is 5.03. The number of carboxylic acid groups (broad SMARTS) is 1. The minimum absolute atomic E-state index is 0.0426. The Bertz CT molecular complexity index is 1560. The summed E-state index contributed by atoms with van der Waals surface area (Å²) in [6, 6.07) is 20.7. The van der Waals surface area contributed by atoms with E-state index >= 15 is 0 Å². The molecule has 0 atom stereocenters. The van der Waals surface area contributed by atoms with Gasteiger partial charge in [-0.25, -0.2) is 4.79 Å². The fourth-order valence-electron chi connectivity index (χ4n) is 3.40. The second-order valence-electron chi connectivity index (χ2n) is 7.23. The molecule has 2 amide bonds. The van der Waals surface area contributed by atoms with Gasteiger partial charge in [0.25, 0.3) is 11.8 Å². The smallest absolute Gasteiger partial charge is 0.337 e. The van der Waals surface area contributed by atoms with E-state index in [2.05, 4.69) is 15.6 Å². The maximum Gasteiger partial charge on any atom is 0.337 e. The Labute approximate surface area is 192 Å². The monoisotopic (exact) mass is 449 g/mol. The molecule has 0 saturated carbocycles. The van der Waals surface area contributed by atoms with Crippen LogP contribution in [0.15, 0.2) is 66.7 Å². The number of hydrogen-bond donors (Lipinski definition) is 4. The molecule has 0 bridgehead atoms. The van der Waals surface area contributed by atoms with Gasteiger partial charge >= 0.3 is 5.97 Å². The van der Waals surface area contributed by atoms with Crippen molar-refractivity contribution in [3.05, 3.63) is 94.7 Å². The number of carboxylic acids is 1. The van der Waals surface area contributed by atoms with Gasteiger partial charge in [-0.3, -0.25) is 9.59 Å². The van der Waals surface area contributed by atoms with Crippen molar-refractivity contribution < 1.29 is 19.5 Å². The van der Waals surface area contributed by atoms with Crippen LogP contribution in [0.25, 0.3) is 10.9 Å². The summed E-state index contributed by atoms with van der Waals surface area (Å²) in [4.78, 5) is 40.0. The minimum atomic E-state index is -1.28. The standard InChI is InChI=1S/C25H15N5O4/c26-12-14-3-1-5-17(9-14)23(31)30-20-6-2-4-16-11-21(28-22(16)20)24(32)29-19-8-7-15(13-27)10-18(19)25(33)34/h1-11,28H,(H,29,32)(H,30,31)(H,33,34). The number of hydrogen-bond acceptors (Lipinski definition) is 5. The molecule has 1 heterocycles. The average Bonchev–Trinajstić information content (AvgIpc) is 3.30. The number of nitrogens with zero attached hydrogens (tertiary/aromatic N) is 2. The number of amides is 2. The first-order valence-electron chi connectivity index (χ1n) is 9.91. The lowest BCUT2D eigenvalue weighted by molar-refractivity contribution is 0.0697. The zero-order valence-electron chi connectivity index (χ0n) is 17.4. The zero-order chi connectivity index (χ0) is 24.2. The van der Waals surface area contributed by atoms with Gasteiger partial charge in [-0.1, -0.05) is 18.2 Å². The van der Waals surface area contributed by atoms with Crippen LogP contribution < -0.4 is 10.6 Å². The summed E-state index contributed by atoms with van der Waals surface area (Å²) in [6.07, 6.45) is 0. The minimum Gasteiger partial charge on any atom is -0.478 e. The topological polar surface area (TPSA) is 159 Å². The number of H-pyrrole nitrogens is 1. The van der Waals surface area contributed by atoms with E-state index in [9.17, 15) is 19.5 Å². The first-order valence-corrected chi connectivity index (χ1v) is 9.91. The van der Waals surface area contributed by atoms with Crippen molar-refractivity contribution in [2.24, 2.45) is 0 Å². The van der Waals surface area contributed by atoms with Crippen LogP contribution in [0.2, 0.25) is 0 Å². The summed E-state index contributed by atoms with van der Waals surface area (Å²) in [5, 5.41) is 33.4. The Kier molecular flexibility index (Phi) is 5.76. The van der Waals surface area contributed by atoms with Gasteiger partial charge in [0, 0.05) is 10.9 Å². The van der Waals surface area contributed by atoms with Crippen molar-refractivity contribution in [2.75, 3.05) is 10.6 Å². The predicted molar refractivity (Wildman–Crippen MR) is 123 cm³/mol. The number of para-hydroxylation sites is 1. The average molecular weight is 449 g/mol.